The van der Waals surface area contributed by atoms with Gasteiger partial charge in [-0.2, -0.15) is 8.42 Å². The standard InChI is InChI=1S/C14H17NO5S/c1-10(7-8-20-21(2,18)19)9-15-13(16)11-5-3-4-6-12(11)14(15)17/h3-6,10H,7-9H2,1-2H3. The zero-order chi connectivity index (χ0) is 15.6. The molecule has 21 heavy (non-hydrogen) atoms. The summed E-state index contributed by atoms with van der Waals surface area (Å²) >= 11 is 0. The first-order chi connectivity index (χ1) is 9.79. The van der Waals surface area contributed by atoms with E-state index in [9.17, 15) is 18.0 Å². The average molecular weight is 311 g/mol. The van der Waals surface area contributed by atoms with Gasteiger partial charge in [0.05, 0.1) is 24.0 Å². The monoisotopic (exact) mass is 311 g/mol. The summed E-state index contributed by atoms with van der Waals surface area (Å²) in [6, 6.07) is 6.70. The molecule has 0 spiro atoms. The van der Waals surface area contributed by atoms with Crippen LogP contribution < -0.4 is 0 Å². The van der Waals surface area contributed by atoms with Gasteiger partial charge in [0, 0.05) is 6.54 Å². The molecule has 2 rings (SSSR count). The Hall–Kier alpha value is -1.73. The van der Waals surface area contributed by atoms with E-state index < -0.39 is 10.1 Å². The molecule has 0 fully saturated rings. The number of carbonyl (C=O) groups is 2. The number of nitrogens with zero attached hydrogens (tertiary/aromatic N) is 1. The molecule has 1 aliphatic heterocycles. The van der Waals surface area contributed by atoms with Crippen molar-refractivity contribution in [2.45, 2.75) is 13.3 Å². The average Bonchev–Trinajstić information content (AvgIpc) is 2.63. The Balaban J connectivity index is 1.95. The number of benzene rings is 1. The largest absolute Gasteiger partial charge is 0.274 e. The van der Waals surface area contributed by atoms with Crippen LogP contribution in [0.2, 0.25) is 0 Å². The maximum atomic E-state index is 12.2. The molecule has 2 amide bonds. The minimum Gasteiger partial charge on any atom is -0.274 e. The molecule has 1 aliphatic rings. The lowest BCUT2D eigenvalue weighted by molar-refractivity contribution is 0.0626. The summed E-state index contributed by atoms with van der Waals surface area (Å²) in [7, 11) is -3.46. The number of amides is 2. The van der Waals surface area contributed by atoms with Crippen LogP contribution in [0.3, 0.4) is 0 Å². The highest BCUT2D eigenvalue weighted by molar-refractivity contribution is 7.85. The van der Waals surface area contributed by atoms with E-state index in [1.807, 2.05) is 6.92 Å². The fourth-order valence-corrected chi connectivity index (χ4v) is 2.61. The van der Waals surface area contributed by atoms with Crippen molar-refractivity contribution in [2.24, 2.45) is 5.92 Å². The highest BCUT2D eigenvalue weighted by atomic mass is 32.2. The zero-order valence-electron chi connectivity index (χ0n) is 11.9. The SMILES string of the molecule is CC(CCOS(C)(=O)=O)CN1C(=O)c2ccccc2C1=O. The van der Waals surface area contributed by atoms with Gasteiger partial charge in [0.15, 0.2) is 0 Å². The summed E-state index contributed by atoms with van der Waals surface area (Å²) in [5.74, 6) is -0.646. The maximum Gasteiger partial charge on any atom is 0.264 e. The third-order valence-electron chi connectivity index (χ3n) is 3.28. The number of hydrogen-bond acceptors (Lipinski definition) is 5. The molecule has 0 aromatic heterocycles. The van der Waals surface area contributed by atoms with Gasteiger partial charge in [-0.1, -0.05) is 19.1 Å². The van der Waals surface area contributed by atoms with Crippen molar-refractivity contribution in [3.05, 3.63) is 35.4 Å². The zero-order valence-corrected chi connectivity index (χ0v) is 12.7. The molecule has 114 valence electrons. The van der Waals surface area contributed by atoms with Crippen LogP contribution in [0.25, 0.3) is 0 Å². The van der Waals surface area contributed by atoms with Crippen LogP contribution in [0.15, 0.2) is 24.3 Å². The summed E-state index contributed by atoms with van der Waals surface area (Å²) in [6.45, 7) is 2.14. The quantitative estimate of drug-likeness (QED) is 0.584. The van der Waals surface area contributed by atoms with Crippen LogP contribution in [-0.4, -0.2) is 44.5 Å². The van der Waals surface area contributed by atoms with Crippen molar-refractivity contribution in [2.75, 3.05) is 19.4 Å². The van der Waals surface area contributed by atoms with Crippen LogP contribution >= 0.6 is 0 Å². The Kier molecular flexibility index (Phi) is 4.43. The second kappa shape index (κ2) is 5.95. The van der Waals surface area contributed by atoms with Gasteiger partial charge in [0.1, 0.15) is 0 Å². The molecule has 7 heteroatoms. The van der Waals surface area contributed by atoms with Gasteiger partial charge in [0.25, 0.3) is 21.9 Å². The van der Waals surface area contributed by atoms with E-state index in [0.717, 1.165) is 6.26 Å². The molecule has 1 aromatic rings. The minimum absolute atomic E-state index is 0.0448. The lowest BCUT2D eigenvalue weighted by Gasteiger charge is -2.19. The van der Waals surface area contributed by atoms with Gasteiger partial charge in [-0.05, 0) is 24.5 Å². The molecule has 0 saturated carbocycles. The van der Waals surface area contributed by atoms with E-state index in [-0.39, 0.29) is 30.9 Å². The molecule has 1 unspecified atom stereocenters. The van der Waals surface area contributed by atoms with Crippen molar-refractivity contribution in [3.63, 3.8) is 0 Å². The molecule has 0 radical (unpaired) electrons. The molecule has 1 atom stereocenters. The Morgan fingerprint density at radius 1 is 1.14 bits per heavy atom. The molecule has 1 aromatic carbocycles. The number of hydrogen-bond donors (Lipinski definition) is 0. The lowest BCUT2D eigenvalue weighted by Crippen LogP contribution is -2.34. The smallest absolute Gasteiger partial charge is 0.264 e. The van der Waals surface area contributed by atoms with Crippen LogP contribution in [-0.2, 0) is 14.3 Å². The number of fused-ring (bicyclic) bond motifs is 1. The van der Waals surface area contributed by atoms with E-state index in [1.165, 1.54) is 4.90 Å². The van der Waals surface area contributed by atoms with Crippen LogP contribution in [0, 0.1) is 5.92 Å². The number of carbonyl (C=O) groups excluding carboxylic acids is 2. The summed E-state index contributed by atoms with van der Waals surface area (Å²) in [5, 5.41) is 0. The molecular weight excluding hydrogens is 294 g/mol. The Morgan fingerprint density at radius 3 is 2.14 bits per heavy atom. The maximum absolute atomic E-state index is 12.2. The highest BCUT2D eigenvalue weighted by Crippen LogP contribution is 2.23. The van der Waals surface area contributed by atoms with Gasteiger partial charge in [0.2, 0.25) is 0 Å². The van der Waals surface area contributed by atoms with Crippen LogP contribution in [0.5, 0.6) is 0 Å². The predicted molar refractivity (Wildman–Crippen MR) is 76.4 cm³/mol. The van der Waals surface area contributed by atoms with Crippen molar-refractivity contribution in [1.82, 2.24) is 4.90 Å². The molecule has 1 heterocycles. The van der Waals surface area contributed by atoms with Gasteiger partial charge < -0.3 is 0 Å². The van der Waals surface area contributed by atoms with E-state index in [1.54, 1.807) is 24.3 Å². The van der Waals surface area contributed by atoms with Gasteiger partial charge in [-0.15, -0.1) is 0 Å². The van der Waals surface area contributed by atoms with Crippen molar-refractivity contribution >= 4 is 21.9 Å². The first-order valence-electron chi connectivity index (χ1n) is 6.59. The number of rotatable bonds is 6. The first kappa shape index (κ1) is 15.7. The topological polar surface area (TPSA) is 80.8 Å². The summed E-state index contributed by atoms with van der Waals surface area (Å²) < 4.78 is 26.4. The molecule has 0 saturated heterocycles. The van der Waals surface area contributed by atoms with E-state index in [4.69, 9.17) is 0 Å². The third-order valence-corrected chi connectivity index (χ3v) is 3.88. The Bertz CT molecular complexity index is 633. The van der Waals surface area contributed by atoms with E-state index >= 15 is 0 Å². The lowest BCUT2D eigenvalue weighted by atomic mass is 10.1. The van der Waals surface area contributed by atoms with Crippen molar-refractivity contribution in [1.29, 1.82) is 0 Å². The summed E-state index contributed by atoms with van der Waals surface area (Å²) in [6.07, 6.45) is 1.43. The van der Waals surface area contributed by atoms with Crippen molar-refractivity contribution < 1.29 is 22.2 Å². The third kappa shape index (κ3) is 3.68. The van der Waals surface area contributed by atoms with Gasteiger partial charge in [-0.25, -0.2) is 0 Å². The minimum atomic E-state index is -3.46. The molecule has 0 aliphatic carbocycles. The predicted octanol–water partition coefficient (Wildman–Crippen LogP) is 1.29. The Labute approximate surface area is 123 Å². The Morgan fingerprint density at radius 2 is 1.67 bits per heavy atom. The fourth-order valence-electron chi connectivity index (χ4n) is 2.21. The van der Waals surface area contributed by atoms with E-state index in [2.05, 4.69) is 4.18 Å². The molecule has 6 nitrogen and oxygen atoms in total. The molecular formula is C14H17NO5S. The van der Waals surface area contributed by atoms with Gasteiger partial charge >= 0.3 is 0 Å². The van der Waals surface area contributed by atoms with Gasteiger partial charge in [-0.3, -0.25) is 18.7 Å². The summed E-state index contributed by atoms with van der Waals surface area (Å²) in [4.78, 5) is 25.5. The number of imide groups is 1. The summed E-state index contributed by atoms with van der Waals surface area (Å²) in [5.41, 5.74) is 0.837. The van der Waals surface area contributed by atoms with Crippen molar-refractivity contribution in [3.8, 4) is 0 Å². The van der Waals surface area contributed by atoms with E-state index in [0.29, 0.717) is 17.5 Å². The normalized spacial score (nSPS) is 16.2. The second-order valence-electron chi connectivity index (χ2n) is 5.19. The van der Waals surface area contributed by atoms with Crippen LogP contribution in [0.1, 0.15) is 34.1 Å². The first-order valence-corrected chi connectivity index (χ1v) is 8.41. The molecule has 0 bridgehead atoms. The van der Waals surface area contributed by atoms with Crippen LogP contribution in [0.4, 0.5) is 0 Å². The highest BCUT2D eigenvalue weighted by Gasteiger charge is 2.35. The second-order valence-corrected chi connectivity index (χ2v) is 6.83. The molecule has 0 N–H and O–H groups in total. The fraction of sp³-hybridized carbons (Fsp3) is 0.429.